The van der Waals surface area contributed by atoms with Crippen LogP contribution in [0.1, 0.15) is 39.5 Å². The first kappa shape index (κ1) is 18.3. The van der Waals surface area contributed by atoms with E-state index >= 15 is 0 Å². The molecule has 27 heavy (non-hydrogen) atoms. The molecule has 1 fully saturated rings. The van der Waals surface area contributed by atoms with Gasteiger partial charge in [0.2, 0.25) is 0 Å². The highest BCUT2D eigenvalue weighted by molar-refractivity contribution is 6.30. The van der Waals surface area contributed by atoms with Crippen LogP contribution in [0.25, 0.3) is 17.0 Å². The van der Waals surface area contributed by atoms with E-state index in [0.29, 0.717) is 17.0 Å². The van der Waals surface area contributed by atoms with E-state index in [9.17, 15) is 5.11 Å². The molecule has 5 nitrogen and oxygen atoms in total. The number of benzene rings is 1. The number of nitrogens with one attached hydrogen (secondary N) is 1. The molecular weight excluding hydrogens is 360 g/mol. The molecule has 1 aliphatic carbocycles. The molecule has 0 aliphatic heterocycles. The molecule has 4 rings (SSSR count). The first-order chi connectivity index (χ1) is 12.9. The van der Waals surface area contributed by atoms with E-state index in [1.807, 2.05) is 60.8 Å². The summed E-state index contributed by atoms with van der Waals surface area (Å²) in [5.74, 6) is 1.16. The zero-order valence-electron chi connectivity index (χ0n) is 15.7. The summed E-state index contributed by atoms with van der Waals surface area (Å²) in [6.45, 7) is 3.84. The minimum absolute atomic E-state index is 0.380. The van der Waals surface area contributed by atoms with Gasteiger partial charge in [0, 0.05) is 22.8 Å². The van der Waals surface area contributed by atoms with Gasteiger partial charge in [0.15, 0.2) is 11.5 Å². The fourth-order valence-electron chi connectivity index (χ4n) is 3.98. The van der Waals surface area contributed by atoms with Crippen LogP contribution < -0.4 is 5.32 Å². The van der Waals surface area contributed by atoms with E-state index in [2.05, 4.69) is 15.5 Å². The van der Waals surface area contributed by atoms with E-state index in [-0.39, 0.29) is 0 Å². The summed E-state index contributed by atoms with van der Waals surface area (Å²) >= 11 is 6.13. The molecule has 0 unspecified atom stereocenters. The smallest absolute Gasteiger partial charge is 0.168 e. The Balaban J connectivity index is 1.53. The second-order valence-corrected chi connectivity index (χ2v) is 8.46. The van der Waals surface area contributed by atoms with Gasteiger partial charge in [0.1, 0.15) is 0 Å². The Labute approximate surface area is 164 Å². The van der Waals surface area contributed by atoms with Crippen LogP contribution in [0.2, 0.25) is 5.02 Å². The maximum absolute atomic E-state index is 10.2. The molecule has 1 saturated carbocycles. The molecule has 2 aromatic heterocycles. The molecule has 2 N–H and O–H groups in total. The normalized spacial score (nSPS) is 20.7. The van der Waals surface area contributed by atoms with Crippen LogP contribution in [0.3, 0.4) is 0 Å². The Hall–Kier alpha value is -2.11. The highest BCUT2D eigenvalue weighted by atomic mass is 35.5. The number of nitrogens with zero attached hydrogens (tertiary/aromatic N) is 3. The van der Waals surface area contributed by atoms with Crippen molar-refractivity contribution in [1.29, 1.82) is 0 Å². The van der Waals surface area contributed by atoms with Crippen LogP contribution >= 0.6 is 11.6 Å². The Morgan fingerprint density at radius 2 is 1.89 bits per heavy atom. The Bertz CT molecular complexity index is 939. The van der Waals surface area contributed by atoms with E-state index in [0.717, 1.165) is 48.4 Å². The number of halogens is 1. The van der Waals surface area contributed by atoms with Gasteiger partial charge in [-0.05, 0) is 69.7 Å². The van der Waals surface area contributed by atoms with Crippen molar-refractivity contribution in [2.45, 2.75) is 51.2 Å². The number of pyridine rings is 1. The molecule has 1 aromatic carbocycles. The standard InChI is InChI=1S/C21H25ClN4O/c1-21(2,27)15-6-8-17(9-7-15)23-18-10-11-19-24-25-20(26(19)13-18)14-4-3-5-16(22)12-14/h3-5,10-13,15,17,23,27H,6-9H2,1-2H3/t15-,17-. The Kier molecular flexibility index (Phi) is 4.82. The van der Waals surface area contributed by atoms with Crippen molar-refractivity contribution >= 4 is 22.9 Å². The van der Waals surface area contributed by atoms with E-state index in [1.165, 1.54) is 0 Å². The second kappa shape index (κ2) is 7.13. The Morgan fingerprint density at radius 1 is 1.11 bits per heavy atom. The van der Waals surface area contributed by atoms with Crippen molar-refractivity contribution in [2.24, 2.45) is 5.92 Å². The van der Waals surface area contributed by atoms with Crippen molar-refractivity contribution < 1.29 is 5.11 Å². The molecule has 0 bridgehead atoms. The van der Waals surface area contributed by atoms with Crippen molar-refractivity contribution in [3.8, 4) is 11.4 Å². The fourth-order valence-corrected chi connectivity index (χ4v) is 4.17. The van der Waals surface area contributed by atoms with Crippen LogP contribution in [-0.2, 0) is 0 Å². The van der Waals surface area contributed by atoms with Crippen LogP contribution in [0, 0.1) is 5.92 Å². The lowest BCUT2D eigenvalue weighted by atomic mass is 9.77. The predicted octanol–water partition coefficient (Wildman–Crippen LogP) is 4.79. The van der Waals surface area contributed by atoms with Gasteiger partial charge in [-0.1, -0.05) is 23.7 Å². The third-order valence-corrected chi connectivity index (χ3v) is 5.82. The summed E-state index contributed by atoms with van der Waals surface area (Å²) < 4.78 is 2.00. The maximum Gasteiger partial charge on any atom is 0.168 e. The number of aliphatic hydroxyl groups is 1. The van der Waals surface area contributed by atoms with Crippen molar-refractivity contribution in [1.82, 2.24) is 14.6 Å². The van der Waals surface area contributed by atoms with Crippen molar-refractivity contribution in [2.75, 3.05) is 5.32 Å². The van der Waals surface area contributed by atoms with Crippen LogP contribution in [0.4, 0.5) is 5.69 Å². The van der Waals surface area contributed by atoms with Gasteiger partial charge in [-0.2, -0.15) is 0 Å². The molecular formula is C21H25ClN4O. The molecule has 0 amide bonds. The average molecular weight is 385 g/mol. The van der Waals surface area contributed by atoms with Gasteiger partial charge in [0.05, 0.1) is 11.3 Å². The number of aromatic nitrogens is 3. The molecule has 3 aromatic rings. The second-order valence-electron chi connectivity index (χ2n) is 8.03. The zero-order valence-corrected chi connectivity index (χ0v) is 16.4. The molecule has 142 valence electrons. The summed E-state index contributed by atoms with van der Waals surface area (Å²) in [6, 6.07) is 12.1. The highest BCUT2D eigenvalue weighted by Crippen LogP contribution is 2.33. The fraction of sp³-hybridized carbons (Fsp3) is 0.429. The summed E-state index contributed by atoms with van der Waals surface area (Å²) in [6.07, 6.45) is 6.27. The van der Waals surface area contributed by atoms with Crippen LogP contribution in [0.15, 0.2) is 42.6 Å². The number of rotatable bonds is 4. The number of hydrogen-bond acceptors (Lipinski definition) is 4. The molecule has 0 atom stereocenters. The predicted molar refractivity (Wildman–Crippen MR) is 109 cm³/mol. The largest absolute Gasteiger partial charge is 0.390 e. The average Bonchev–Trinajstić information content (AvgIpc) is 3.05. The minimum atomic E-state index is -0.585. The van der Waals surface area contributed by atoms with E-state index in [1.54, 1.807) is 0 Å². The van der Waals surface area contributed by atoms with E-state index in [4.69, 9.17) is 11.6 Å². The number of hydrogen-bond donors (Lipinski definition) is 2. The third kappa shape index (κ3) is 3.94. The minimum Gasteiger partial charge on any atom is -0.390 e. The molecule has 0 saturated heterocycles. The monoisotopic (exact) mass is 384 g/mol. The molecule has 6 heteroatoms. The summed E-state index contributed by atoms with van der Waals surface area (Å²) in [7, 11) is 0. The van der Waals surface area contributed by atoms with E-state index < -0.39 is 5.60 Å². The lowest BCUT2D eigenvalue weighted by Crippen LogP contribution is -2.37. The van der Waals surface area contributed by atoms with Gasteiger partial charge >= 0.3 is 0 Å². The maximum atomic E-state index is 10.2. The van der Waals surface area contributed by atoms with Gasteiger partial charge in [-0.3, -0.25) is 4.40 Å². The van der Waals surface area contributed by atoms with Crippen molar-refractivity contribution in [3.05, 3.63) is 47.6 Å². The summed E-state index contributed by atoms with van der Waals surface area (Å²) in [4.78, 5) is 0. The first-order valence-corrected chi connectivity index (χ1v) is 9.87. The number of anilines is 1. The number of fused-ring (bicyclic) bond motifs is 1. The molecule has 0 spiro atoms. The lowest BCUT2D eigenvalue weighted by Gasteiger charge is -2.36. The SMILES string of the molecule is CC(C)(O)[C@H]1CC[C@H](Nc2ccc3nnc(-c4cccc(Cl)c4)n3c2)CC1. The van der Waals surface area contributed by atoms with Gasteiger partial charge in [-0.15, -0.1) is 10.2 Å². The zero-order chi connectivity index (χ0) is 19.0. The summed E-state index contributed by atoms with van der Waals surface area (Å²) in [5, 5.41) is 23.1. The first-order valence-electron chi connectivity index (χ1n) is 9.50. The highest BCUT2D eigenvalue weighted by Gasteiger charge is 2.31. The van der Waals surface area contributed by atoms with Gasteiger partial charge in [0.25, 0.3) is 0 Å². The molecule has 2 heterocycles. The Morgan fingerprint density at radius 3 is 2.59 bits per heavy atom. The van der Waals surface area contributed by atoms with Gasteiger partial charge < -0.3 is 10.4 Å². The third-order valence-electron chi connectivity index (χ3n) is 5.58. The topological polar surface area (TPSA) is 62.5 Å². The quantitative estimate of drug-likeness (QED) is 0.678. The summed E-state index contributed by atoms with van der Waals surface area (Å²) in [5.41, 5.74) is 2.22. The molecule has 1 aliphatic rings. The molecule has 0 radical (unpaired) electrons. The van der Waals surface area contributed by atoms with Crippen molar-refractivity contribution in [3.63, 3.8) is 0 Å². The van der Waals surface area contributed by atoms with Gasteiger partial charge in [-0.25, -0.2) is 0 Å². The lowest BCUT2D eigenvalue weighted by molar-refractivity contribution is -0.000391. The van der Waals surface area contributed by atoms with Crippen LogP contribution in [-0.4, -0.2) is 31.3 Å². The van der Waals surface area contributed by atoms with Crippen LogP contribution in [0.5, 0.6) is 0 Å².